The number of halogens is 2. The summed E-state index contributed by atoms with van der Waals surface area (Å²) in [6.45, 7) is 0.331. The van der Waals surface area contributed by atoms with E-state index >= 15 is 0 Å². The molecule has 0 aliphatic carbocycles. The Kier molecular flexibility index (Phi) is 4.34. The first-order chi connectivity index (χ1) is 11.1. The summed E-state index contributed by atoms with van der Waals surface area (Å²) in [6.07, 6.45) is 0. The Labute approximate surface area is 141 Å². The van der Waals surface area contributed by atoms with Crippen LogP contribution in [0.15, 0.2) is 46.9 Å². The predicted molar refractivity (Wildman–Crippen MR) is 91.1 cm³/mol. The largest absolute Gasteiger partial charge is 0.497 e. The summed E-state index contributed by atoms with van der Waals surface area (Å²) in [5, 5.41) is 0.621. The van der Waals surface area contributed by atoms with Crippen LogP contribution in [0.4, 0.5) is 10.2 Å². The second-order valence-corrected chi connectivity index (χ2v) is 5.88. The van der Waals surface area contributed by atoms with Crippen molar-refractivity contribution in [3.8, 4) is 11.5 Å². The molecule has 1 aromatic heterocycles. The average Bonchev–Trinajstić information content (AvgIpc) is 2.54. The van der Waals surface area contributed by atoms with E-state index in [-0.39, 0.29) is 11.3 Å². The third-order valence-corrected chi connectivity index (χ3v) is 3.84. The van der Waals surface area contributed by atoms with Crippen LogP contribution in [0.2, 0.25) is 0 Å². The molecule has 0 spiro atoms. The number of hydrogen-bond acceptors (Lipinski definition) is 4. The molecule has 3 aromatic rings. The topological polar surface area (TPSA) is 57.4 Å². The summed E-state index contributed by atoms with van der Waals surface area (Å²) < 4.78 is 25.3. The fraction of sp³-hybridized carbons (Fsp3) is 0.118. The van der Waals surface area contributed by atoms with Gasteiger partial charge in [-0.05, 0) is 35.9 Å². The molecule has 0 bridgehead atoms. The fourth-order valence-electron chi connectivity index (χ4n) is 2.20. The average molecular weight is 377 g/mol. The molecule has 0 aliphatic rings. The normalized spacial score (nSPS) is 10.7. The highest BCUT2D eigenvalue weighted by Gasteiger charge is 2.10. The molecule has 0 radical (unpaired) electrons. The number of aromatic nitrogens is 1. The quantitative estimate of drug-likeness (QED) is 0.736. The monoisotopic (exact) mass is 376 g/mol. The number of pyridine rings is 1. The Bertz CT molecular complexity index is 853. The van der Waals surface area contributed by atoms with Crippen molar-refractivity contribution in [2.75, 3.05) is 12.8 Å². The van der Waals surface area contributed by atoms with Crippen molar-refractivity contribution in [2.45, 2.75) is 6.61 Å². The first kappa shape index (κ1) is 15.6. The van der Waals surface area contributed by atoms with Gasteiger partial charge in [0, 0.05) is 9.86 Å². The van der Waals surface area contributed by atoms with Crippen molar-refractivity contribution in [2.24, 2.45) is 0 Å². The summed E-state index contributed by atoms with van der Waals surface area (Å²) in [6, 6.07) is 12.3. The van der Waals surface area contributed by atoms with E-state index < -0.39 is 5.82 Å². The lowest BCUT2D eigenvalue weighted by Gasteiger charge is -2.10. The molecule has 0 saturated heterocycles. The molecule has 2 N–H and O–H groups in total. The summed E-state index contributed by atoms with van der Waals surface area (Å²) >= 11 is 3.26. The molecule has 118 valence electrons. The van der Waals surface area contributed by atoms with Gasteiger partial charge in [0.05, 0.1) is 7.11 Å². The Hall–Kier alpha value is -2.34. The van der Waals surface area contributed by atoms with Gasteiger partial charge in [-0.15, -0.1) is 0 Å². The third kappa shape index (κ3) is 3.37. The van der Waals surface area contributed by atoms with Gasteiger partial charge in [-0.1, -0.05) is 28.1 Å². The van der Waals surface area contributed by atoms with Crippen LogP contribution in [0.3, 0.4) is 0 Å². The number of rotatable bonds is 4. The minimum atomic E-state index is -0.428. The van der Waals surface area contributed by atoms with Crippen LogP contribution in [0.5, 0.6) is 11.5 Å². The van der Waals surface area contributed by atoms with Gasteiger partial charge in [-0.25, -0.2) is 9.37 Å². The van der Waals surface area contributed by atoms with Gasteiger partial charge in [-0.2, -0.15) is 0 Å². The standard InChI is InChI=1S/C17H14BrFN2O2/c1-22-13-4-2-10(3-5-13)9-23-15-7-11-6-12(18)8-14(19)16(11)21-17(15)20/h2-8H,9H2,1H3,(H2,20,21). The zero-order valence-electron chi connectivity index (χ0n) is 12.3. The number of fused-ring (bicyclic) bond motifs is 1. The number of nitrogens with zero attached hydrogens (tertiary/aromatic N) is 1. The SMILES string of the molecule is COc1ccc(COc2cc3cc(Br)cc(F)c3nc2N)cc1. The van der Waals surface area contributed by atoms with E-state index in [4.69, 9.17) is 15.2 Å². The maximum atomic E-state index is 13.9. The van der Waals surface area contributed by atoms with Gasteiger partial charge in [0.1, 0.15) is 17.9 Å². The number of anilines is 1. The zero-order chi connectivity index (χ0) is 16.4. The number of ether oxygens (including phenoxy) is 2. The van der Waals surface area contributed by atoms with E-state index in [9.17, 15) is 4.39 Å². The molecule has 23 heavy (non-hydrogen) atoms. The smallest absolute Gasteiger partial charge is 0.166 e. The van der Waals surface area contributed by atoms with Crippen LogP contribution in [-0.2, 0) is 6.61 Å². The Morgan fingerprint density at radius 3 is 2.61 bits per heavy atom. The van der Waals surface area contributed by atoms with Gasteiger partial charge < -0.3 is 15.2 Å². The van der Waals surface area contributed by atoms with Gasteiger partial charge >= 0.3 is 0 Å². The molecule has 3 rings (SSSR count). The first-order valence-corrected chi connectivity index (χ1v) is 7.67. The molecule has 2 aromatic carbocycles. The van der Waals surface area contributed by atoms with Crippen LogP contribution >= 0.6 is 15.9 Å². The number of benzene rings is 2. The van der Waals surface area contributed by atoms with Crippen molar-refractivity contribution >= 4 is 32.7 Å². The van der Waals surface area contributed by atoms with Gasteiger partial charge in [-0.3, -0.25) is 0 Å². The predicted octanol–water partition coefficient (Wildman–Crippen LogP) is 4.31. The molecule has 4 nitrogen and oxygen atoms in total. The zero-order valence-corrected chi connectivity index (χ0v) is 13.9. The molecule has 6 heteroatoms. The summed E-state index contributed by atoms with van der Waals surface area (Å²) in [5.41, 5.74) is 7.06. The summed E-state index contributed by atoms with van der Waals surface area (Å²) in [7, 11) is 1.62. The Morgan fingerprint density at radius 2 is 1.91 bits per heavy atom. The maximum absolute atomic E-state index is 13.9. The minimum Gasteiger partial charge on any atom is -0.497 e. The highest BCUT2D eigenvalue weighted by atomic mass is 79.9. The number of methoxy groups -OCH3 is 1. The van der Waals surface area contributed by atoms with E-state index in [1.54, 1.807) is 19.2 Å². The molecule has 0 fully saturated rings. The maximum Gasteiger partial charge on any atom is 0.166 e. The minimum absolute atomic E-state index is 0.159. The number of nitrogen functional groups attached to an aromatic ring is 1. The van der Waals surface area contributed by atoms with Gasteiger partial charge in [0.25, 0.3) is 0 Å². The molecule has 0 amide bonds. The highest BCUT2D eigenvalue weighted by molar-refractivity contribution is 9.10. The van der Waals surface area contributed by atoms with Gasteiger partial charge in [0.15, 0.2) is 17.4 Å². The van der Waals surface area contributed by atoms with Crippen LogP contribution in [0, 0.1) is 5.82 Å². The molecular formula is C17H14BrFN2O2. The van der Waals surface area contributed by atoms with Crippen LogP contribution in [0.1, 0.15) is 5.56 Å². The van der Waals surface area contributed by atoms with Crippen LogP contribution < -0.4 is 15.2 Å². The van der Waals surface area contributed by atoms with Crippen molar-refractivity contribution in [1.82, 2.24) is 4.98 Å². The van der Waals surface area contributed by atoms with Crippen LogP contribution in [-0.4, -0.2) is 12.1 Å². The van der Waals surface area contributed by atoms with E-state index in [0.717, 1.165) is 11.3 Å². The lowest BCUT2D eigenvalue weighted by Crippen LogP contribution is -2.01. The van der Waals surface area contributed by atoms with E-state index in [1.165, 1.54) is 6.07 Å². The van der Waals surface area contributed by atoms with E-state index in [1.807, 2.05) is 24.3 Å². The van der Waals surface area contributed by atoms with E-state index in [0.29, 0.717) is 22.2 Å². The summed E-state index contributed by atoms with van der Waals surface area (Å²) in [4.78, 5) is 4.09. The van der Waals surface area contributed by atoms with Crippen molar-refractivity contribution in [3.63, 3.8) is 0 Å². The lowest BCUT2D eigenvalue weighted by molar-refractivity contribution is 0.307. The lowest BCUT2D eigenvalue weighted by atomic mass is 10.2. The fourth-order valence-corrected chi connectivity index (χ4v) is 2.65. The van der Waals surface area contributed by atoms with E-state index in [2.05, 4.69) is 20.9 Å². The number of nitrogens with two attached hydrogens (primary N) is 1. The molecule has 1 heterocycles. The Morgan fingerprint density at radius 1 is 1.17 bits per heavy atom. The second-order valence-electron chi connectivity index (χ2n) is 4.97. The molecular weight excluding hydrogens is 363 g/mol. The van der Waals surface area contributed by atoms with Crippen molar-refractivity contribution in [1.29, 1.82) is 0 Å². The van der Waals surface area contributed by atoms with Crippen molar-refractivity contribution in [3.05, 3.63) is 58.3 Å². The second kappa shape index (κ2) is 6.42. The van der Waals surface area contributed by atoms with Crippen molar-refractivity contribution < 1.29 is 13.9 Å². The molecule has 0 unspecified atom stereocenters. The molecule has 0 saturated carbocycles. The van der Waals surface area contributed by atoms with Crippen LogP contribution in [0.25, 0.3) is 10.9 Å². The third-order valence-electron chi connectivity index (χ3n) is 3.38. The highest BCUT2D eigenvalue weighted by Crippen LogP contribution is 2.29. The first-order valence-electron chi connectivity index (χ1n) is 6.88. The summed E-state index contributed by atoms with van der Waals surface area (Å²) in [5.74, 6) is 0.932. The van der Waals surface area contributed by atoms with Gasteiger partial charge in [0.2, 0.25) is 0 Å². The Balaban J connectivity index is 1.85. The molecule has 0 aliphatic heterocycles. The number of hydrogen-bond donors (Lipinski definition) is 1. The molecule has 0 atom stereocenters.